The largest absolute Gasteiger partial charge is 0.495 e. The molecule has 0 saturated heterocycles. The third kappa shape index (κ3) is 1.51. The molecule has 1 aromatic heterocycles. The van der Waals surface area contributed by atoms with Crippen molar-refractivity contribution in [2.24, 2.45) is 0 Å². The fourth-order valence-electron chi connectivity index (χ4n) is 2.47. The van der Waals surface area contributed by atoms with Crippen molar-refractivity contribution in [3.8, 4) is 5.75 Å². The number of benzene rings is 1. The number of halogens is 1. The van der Waals surface area contributed by atoms with Crippen LogP contribution in [-0.4, -0.2) is 17.9 Å². The van der Waals surface area contributed by atoms with Crippen molar-refractivity contribution >= 4 is 32.6 Å². The first-order valence-electron chi connectivity index (χ1n) is 5.62. The van der Waals surface area contributed by atoms with Crippen LogP contribution in [0.1, 0.15) is 28.9 Å². The third-order valence-corrected chi connectivity index (χ3v) is 4.10. The summed E-state index contributed by atoms with van der Waals surface area (Å²) < 4.78 is 6.15. The lowest BCUT2D eigenvalue weighted by atomic mass is 9.95. The Labute approximate surface area is 107 Å². The van der Waals surface area contributed by atoms with Gasteiger partial charge in [0.15, 0.2) is 5.78 Å². The van der Waals surface area contributed by atoms with Crippen molar-refractivity contribution in [3.05, 3.63) is 27.9 Å². The molecule has 0 radical (unpaired) electrons. The first-order chi connectivity index (χ1) is 8.22. The molecule has 1 aromatic carbocycles. The van der Waals surface area contributed by atoms with E-state index in [2.05, 4.69) is 20.9 Å². The predicted octanol–water partition coefficient (Wildman–Crippen LogP) is 3.46. The van der Waals surface area contributed by atoms with Crippen molar-refractivity contribution < 1.29 is 9.53 Å². The Morgan fingerprint density at radius 1 is 1.35 bits per heavy atom. The summed E-state index contributed by atoms with van der Waals surface area (Å²) in [5.74, 6) is 0.997. The molecule has 4 heteroatoms. The molecule has 1 aliphatic rings. The number of ketones is 1. The van der Waals surface area contributed by atoms with E-state index < -0.39 is 0 Å². The lowest BCUT2D eigenvalue weighted by Gasteiger charge is -2.09. The van der Waals surface area contributed by atoms with Crippen LogP contribution < -0.4 is 4.74 Å². The molecule has 0 fully saturated rings. The van der Waals surface area contributed by atoms with Gasteiger partial charge in [-0.2, -0.15) is 0 Å². The maximum atomic E-state index is 11.8. The lowest BCUT2D eigenvalue weighted by molar-refractivity contribution is 0.0968. The standard InChI is InChI=1S/C13H12BrNO2/c1-17-10-6-5-8-7-3-2-4-9(16)12(7)15-13(8)11(10)14/h5-6,15H,2-4H2,1H3. The Kier molecular flexibility index (Phi) is 2.47. The van der Waals surface area contributed by atoms with Gasteiger partial charge in [0, 0.05) is 11.8 Å². The van der Waals surface area contributed by atoms with E-state index in [1.54, 1.807) is 7.11 Å². The quantitative estimate of drug-likeness (QED) is 0.875. The SMILES string of the molecule is COc1ccc2c3c([nH]c2c1Br)C(=O)CCC3. The molecule has 1 heterocycles. The molecule has 0 spiro atoms. The van der Waals surface area contributed by atoms with Gasteiger partial charge in [-0.1, -0.05) is 0 Å². The van der Waals surface area contributed by atoms with Gasteiger partial charge >= 0.3 is 0 Å². The van der Waals surface area contributed by atoms with Crippen LogP contribution in [0.5, 0.6) is 5.75 Å². The Morgan fingerprint density at radius 2 is 2.18 bits per heavy atom. The minimum absolute atomic E-state index is 0.216. The highest BCUT2D eigenvalue weighted by atomic mass is 79.9. The Hall–Kier alpha value is -1.29. The number of aromatic amines is 1. The number of H-pyrrole nitrogens is 1. The van der Waals surface area contributed by atoms with Crippen LogP contribution >= 0.6 is 15.9 Å². The number of nitrogens with one attached hydrogen (secondary N) is 1. The molecule has 2 aromatic rings. The van der Waals surface area contributed by atoms with E-state index in [1.807, 2.05) is 12.1 Å². The van der Waals surface area contributed by atoms with Crippen molar-refractivity contribution in [2.75, 3.05) is 7.11 Å². The number of hydrogen-bond acceptors (Lipinski definition) is 2. The summed E-state index contributed by atoms with van der Waals surface area (Å²) in [6.45, 7) is 0. The molecule has 1 aliphatic carbocycles. The van der Waals surface area contributed by atoms with E-state index in [0.29, 0.717) is 6.42 Å². The zero-order valence-electron chi connectivity index (χ0n) is 9.47. The minimum Gasteiger partial charge on any atom is -0.495 e. The van der Waals surface area contributed by atoms with Crippen molar-refractivity contribution in [1.82, 2.24) is 4.98 Å². The van der Waals surface area contributed by atoms with E-state index in [1.165, 1.54) is 0 Å². The maximum absolute atomic E-state index is 11.8. The number of aromatic nitrogens is 1. The normalized spacial score (nSPS) is 15.1. The smallest absolute Gasteiger partial charge is 0.179 e. The van der Waals surface area contributed by atoms with Crippen LogP contribution in [0.25, 0.3) is 10.9 Å². The number of carbonyl (C=O) groups is 1. The van der Waals surface area contributed by atoms with E-state index in [4.69, 9.17) is 4.74 Å². The topological polar surface area (TPSA) is 42.1 Å². The monoisotopic (exact) mass is 293 g/mol. The number of hydrogen-bond donors (Lipinski definition) is 1. The predicted molar refractivity (Wildman–Crippen MR) is 69.8 cm³/mol. The molecular formula is C13H12BrNO2. The molecule has 0 unspecified atom stereocenters. The Morgan fingerprint density at radius 3 is 2.94 bits per heavy atom. The zero-order chi connectivity index (χ0) is 12.0. The number of Topliss-reactive ketones (excluding diaryl/α,β-unsaturated/α-hetero) is 1. The summed E-state index contributed by atoms with van der Waals surface area (Å²) in [7, 11) is 1.64. The number of carbonyl (C=O) groups excluding carboxylic acids is 1. The first-order valence-corrected chi connectivity index (χ1v) is 6.42. The van der Waals surface area contributed by atoms with Gasteiger partial charge in [0.2, 0.25) is 0 Å². The minimum atomic E-state index is 0.216. The molecule has 3 rings (SSSR count). The van der Waals surface area contributed by atoms with Gasteiger partial charge in [-0.3, -0.25) is 4.79 Å². The summed E-state index contributed by atoms with van der Waals surface area (Å²) in [6.07, 6.45) is 2.57. The summed E-state index contributed by atoms with van der Waals surface area (Å²) in [6, 6.07) is 3.95. The fraction of sp³-hybridized carbons (Fsp3) is 0.308. The van der Waals surface area contributed by atoms with Gasteiger partial charge in [-0.25, -0.2) is 0 Å². The molecule has 17 heavy (non-hydrogen) atoms. The van der Waals surface area contributed by atoms with Crippen LogP contribution in [0.4, 0.5) is 0 Å². The molecule has 0 aliphatic heterocycles. The van der Waals surface area contributed by atoms with Gasteiger partial charge < -0.3 is 9.72 Å². The van der Waals surface area contributed by atoms with Crippen LogP contribution in [0, 0.1) is 0 Å². The first kappa shape index (κ1) is 10.8. The summed E-state index contributed by atoms with van der Waals surface area (Å²) in [4.78, 5) is 15.1. The van der Waals surface area contributed by atoms with Crippen molar-refractivity contribution in [3.63, 3.8) is 0 Å². The molecular weight excluding hydrogens is 282 g/mol. The van der Waals surface area contributed by atoms with Crippen LogP contribution in [0.3, 0.4) is 0 Å². The van der Waals surface area contributed by atoms with E-state index in [0.717, 1.165) is 45.2 Å². The second-order valence-electron chi connectivity index (χ2n) is 4.26. The fourth-order valence-corrected chi connectivity index (χ4v) is 3.08. The second kappa shape index (κ2) is 3.88. The summed E-state index contributed by atoms with van der Waals surface area (Å²) >= 11 is 3.52. The van der Waals surface area contributed by atoms with Crippen molar-refractivity contribution in [2.45, 2.75) is 19.3 Å². The molecule has 0 amide bonds. The third-order valence-electron chi connectivity index (χ3n) is 3.31. The molecule has 3 nitrogen and oxygen atoms in total. The maximum Gasteiger partial charge on any atom is 0.179 e. The Balaban J connectivity index is 2.34. The van der Waals surface area contributed by atoms with Gasteiger partial charge in [-0.05, 0) is 46.5 Å². The number of ether oxygens (including phenoxy) is 1. The van der Waals surface area contributed by atoms with Gasteiger partial charge in [0.25, 0.3) is 0 Å². The molecule has 0 saturated carbocycles. The molecule has 88 valence electrons. The number of rotatable bonds is 1. The van der Waals surface area contributed by atoms with Gasteiger partial charge in [0.05, 0.1) is 22.8 Å². The van der Waals surface area contributed by atoms with Crippen molar-refractivity contribution in [1.29, 1.82) is 0 Å². The summed E-state index contributed by atoms with van der Waals surface area (Å²) in [5.41, 5.74) is 2.89. The van der Waals surface area contributed by atoms with E-state index in [9.17, 15) is 4.79 Å². The Bertz CT molecular complexity index is 615. The molecule has 1 N–H and O–H groups in total. The lowest BCUT2D eigenvalue weighted by Crippen LogP contribution is -2.09. The number of methoxy groups -OCH3 is 1. The molecule has 0 atom stereocenters. The summed E-state index contributed by atoms with van der Waals surface area (Å²) in [5, 5.41) is 1.13. The van der Waals surface area contributed by atoms with Crippen LogP contribution in [0.15, 0.2) is 16.6 Å². The van der Waals surface area contributed by atoms with Crippen LogP contribution in [-0.2, 0) is 6.42 Å². The van der Waals surface area contributed by atoms with E-state index >= 15 is 0 Å². The average molecular weight is 294 g/mol. The van der Waals surface area contributed by atoms with Gasteiger partial charge in [0.1, 0.15) is 5.75 Å². The average Bonchev–Trinajstić information content (AvgIpc) is 2.71. The highest BCUT2D eigenvalue weighted by Crippen LogP contribution is 2.37. The second-order valence-corrected chi connectivity index (χ2v) is 5.05. The highest BCUT2D eigenvalue weighted by Gasteiger charge is 2.23. The number of fused-ring (bicyclic) bond motifs is 3. The van der Waals surface area contributed by atoms with E-state index in [-0.39, 0.29) is 5.78 Å². The van der Waals surface area contributed by atoms with Gasteiger partial charge in [-0.15, -0.1) is 0 Å². The number of aryl methyl sites for hydroxylation is 1. The van der Waals surface area contributed by atoms with Crippen LogP contribution in [0.2, 0.25) is 0 Å². The zero-order valence-corrected chi connectivity index (χ0v) is 11.1. The molecule has 0 bridgehead atoms. The highest BCUT2D eigenvalue weighted by molar-refractivity contribution is 9.10.